The number of aromatic amines is 1. The van der Waals surface area contributed by atoms with Crippen molar-refractivity contribution >= 4 is 22.5 Å². The van der Waals surface area contributed by atoms with Crippen LogP contribution in [0.25, 0.3) is 10.9 Å². The molecule has 0 radical (unpaired) electrons. The largest absolute Gasteiger partial charge is 0.367 e. The number of carbonyl (C=O) groups is 1. The van der Waals surface area contributed by atoms with Crippen LogP contribution in [0.5, 0.6) is 0 Å². The van der Waals surface area contributed by atoms with Gasteiger partial charge in [0.1, 0.15) is 0 Å². The molecule has 1 atom stereocenters. The fourth-order valence-corrected chi connectivity index (χ4v) is 3.51. The summed E-state index contributed by atoms with van der Waals surface area (Å²) < 4.78 is 0. The topological polar surface area (TPSA) is 48.1 Å². The monoisotopic (exact) mass is 319 g/mol. The average molecular weight is 319 g/mol. The summed E-state index contributed by atoms with van der Waals surface area (Å²) in [5, 5.41) is 4.17. The van der Waals surface area contributed by atoms with E-state index in [4.69, 9.17) is 0 Å². The van der Waals surface area contributed by atoms with E-state index in [-0.39, 0.29) is 5.91 Å². The maximum absolute atomic E-state index is 12.5. The van der Waals surface area contributed by atoms with E-state index in [9.17, 15) is 4.79 Å². The van der Waals surface area contributed by atoms with Crippen LogP contribution in [0.2, 0.25) is 0 Å². The number of anilines is 1. The van der Waals surface area contributed by atoms with Crippen molar-refractivity contribution < 1.29 is 4.79 Å². The van der Waals surface area contributed by atoms with Crippen LogP contribution in [0.3, 0.4) is 0 Å². The molecule has 2 N–H and O–H groups in total. The zero-order valence-corrected chi connectivity index (χ0v) is 13.5. The molecule has 24 heavy (non-hydrogen) atoms. The van der Waals surface area contributed by atoms with Gasteiger partial charge in [-0.1, -0.05) is 18.2 Å². The summed E-state index contributed by atoms with van der Waals surface area (Å²) in [5.41, 5.74) is 3.01. The zero-order valence-electron chi connectivity index (χ0n) is 13.5. The highest BCUT2D eigenvalue weighted by Crippen LogP contribution is 2.24. The summed E-state index contributed by atoms with van der Waals surface area (Å²) in [6.07, 6.45) is 4.18. The van der Waals surface area contributed by atoms with Crippen molar-refractivity contribution in [2.75, 3.05) is 18.0 Å². The molecule has 4 rings (SSSR count). The van der Waals surface area contributed by atoms with E-state index in [1.54, 1.807) is 0 Å². The molecule has 1 aliphatic heterocycles. The predicted molar refractivity (Wildman–Crippen MR) is 97.4 cm³/mol. The molecule has 0 bridgehead atoms. The molecule has 1 aliphatic rings. The number of benzene rings is 2. The summed E-state index contributed by atoms with van der Waals surface area (Å²) in [6, 6.07) is 18.6. The maximum atomic E-state index is 12.5. The van der Waals surface area contributed by atoms with Crippen molar-refractivity contribution in [3.05, 3.63) is 66.4 Å². The molecule has 0 spiro atoms. The molecule has 1 aromatic heterocycles. The second kappa shape index (κ2) is 6.40. The minimum Gasteiger partial charge on any atom is -0.367 e. The lowest BCUT2D eigenvalue weighted by Gasteiger charge is -2.27. The SMILES string of the molecule is O=C(NCC1CCCN1c1ccccc1)c1ccc2[nH]ccc2c1. The van der Waals surface area contributed by atoms with Crippen LogP contribution in [-0.4, -0.2) is 30.0 Å². The van der Waals surface area contributed by atoms with Gasteiger partial charge in [-0.15, -0.1) is 0 Å². The predicted octanol–water partition coefficient (Wildman–Crippen LogP) is 3.57. The van der Waals surface area contributed by atoms with Crippen molar-refractivity contribution in [3.63, 3.8) is 0 Å². The maximum Gasteiger partial charge on any atom is 0.251 e. The number of fused-ring (bicyclic) bond motifs is 1. The van der Waals surface area contributed by atoms with Crippen molar-refractivity contribution in [1.82, 2.24) is 10.3 Å². The van der Waals surface area contributed by atoms with E-state index in [0.29, 0.717) is 18.2 Å². The lowest BCUT2D eigenvalue weighted by molar-refractivity contribution is 0.0951. The van der Waals surface area contributed by atoms with Gasteiger partial charge in [0.05, 0.1) is 0 Å². The van der Waals surface area contributed by atoms with Gasteiger partial charge in [0.15, 0.2) is 0 Å². The molecule has 0 saturated carbocycles. The Kier molecular flexibility index (Phi) is 3.95. The minimum absolute atomic E-state index is 0.00184. The third-order valence-electron chi connectivity index (χ3n) is 4.78. The number of H-pyrrole nitrogens is 1. The summed E-state index contributed by atoms with van der Waals surface area (Å²) in [5.74, 6) is -0.00184. The Hall–Kier alpha value is -2.75. The number of nitrogens with one attached hydrogen (secondary N) is 2. The molecule has 4 nitrogen and oxygen atoms in total. The molecule has 1 saturated heterocycles. The van der Waals surface area contributed by atoms with Gasteiger partial charge < -0.3 is 15.2 Å². The molecule has 3 aromatic rings. The third-order valence-corrected chi connectivity index (χ3v) is 4.78. The van der Waals surface area contributed by atoms with E-state index in [0.717, 1.165) is 23.9 Å². The Morgan fingerprint density at radius 1 is 1.17 bits per heavy atom. The standard InChI is InChI=1S/C20H21N3O/c24-20(16-8-9-19-15(13-16)10-11-21-19)22-14-18-7-4-12-23(18)17-5-2-1-3-6-17/h1-3,5-6,8-11,13,18,21H,4,7,12,14H2,(H,22,24). The number of rotatable bonds is 4. The van der Waals surface area contributed by atoms with E-state index in [2.05, 4.69) is 39.5 Å². The Balaban J connectivity index is 1.43. The van der Waals surface area contributed by atoms with Gasteiger partial charge in [-0.25, -0.2) is 0 Å². The first-order chi connectivity index (χ1) is 11.8. The molecule has 1 amide bonds. The Labute approximate surface area is 141 Å². The van der Waals surface area contributed by atoms with Crippen LogP contribution in [0.4, 0.5) is 5.69 Å². The van der Waals surface area contributed by atoms with Gasteiger partial charge in [-0.05, 0) is 49.2 Å². The third kappa shape index (κ3) is 2.87. The highest BCUT2D eigenvalue weighted by Gasteiger charge is 2.25. The highest BCUT2D eigenvalue weighted by molar-refractivity contribution is 5.98. The Morgan fingerprint density at radius 2 is 2.04 bits per heavy atom. The van der Waals surface area contributed by atoms with Gasteiger partial charge in [0, 0.05) is 47.5 Å². The summed E-state index contributed by atoms with van der Waals surface area (Å²) in [4.78, 5) is 18.0. The van der Waals surface area contributed by atoms with Crippen LogP contribution in [-0.2, 0) is 0 Å². The van der Waals surface area contributed by atoms with Crippen molar-refractivity contribution in [1.29, 1.82) is 0 Å². The summed E-state index contributed by atoms with van der Waals surface area (Å²) in [7, 11) is 0. The van der Waals surface area contributed by atoms with Crippen LogP contribution >= 0.6 is 0 Å². The van der Waals surface area contributed by atoms with Crippen LogP contribution in [0.1, 0.15) is 23.2 Å². The lowest BCUT2D eigenvalue weighted by Crippen LogP contribution is -2.40. The summed E-state index contributed by atoms with van der Waals surface area (Å²) in [6.45, 7) is 1.73. The number of carbonyl (C=O) groups excluding carboxylic acids is 1. The van der Waals surface area contributed by atoms with Crippen LogP contribution < -0.4 is 10.2 Å². The Bertz CT molecular complexity index is 840. The molecule has 122 valence electrons. The second-order valence-corrected chi connectivity index (χ2v) is 6.31. The van der Waals surface area contributed by atoms with E-state index in [1.807, 2.05) is 36.5 Å². The normalized spacial score (nSPS) is 17.3. The average Bonchev–Trinajstić information content (AvgIpc) is 3.28. The van der Waals surface area contributed by atoms with E-state index >= 15 is 0 Å². The van der Waals surface area contributed by atoms with Crippen LogP contribution in [0, 0.1) is 0 Å². The molecular weight excluding hydrogens is 298 g/mol. The molecule has 1 unspecified atom stereocenters. The van der Waals surface area contributed by atoms with Gasteiger partial charge in [-0.2, -0.15) is 0 Å². The zero-order chi connectivity index (χ0) is 16.4. The molecule has 4 heteroatoms. The number of nitrogens with zero attached hydrogens (tertiary/aromatic N) is 1. The fourth-order valence-electron chi connectivity index (χ4n) is 3.51. The quantitative estimate of drug-likeness (QED) is 0.772. The van der Waals surface area contributed by atoms with Crippen molar-refractivity contribution in [2.45, 2.75) is 18.9 Å². The number of hydrogen-bond donors (Lipinski definition) is 2. The smallest absolute Gasteiger partial charge is 0.251 e. The second-order valence-electron chi connectivity index (χ2n) is 6.31. The number of para-hydroxylation sites is 1. The van der Waals surface area contributed by atoms with Gasteiger partial charge in [0.25, 0.3) is 5.91 Å². The van der Waals surface area contributed by atoms with Gasteiger partial charge >= 0.3 is 0 Å². The molecule has 0 aliphatic carbocycles. The number of amides is 1. The van der Waals surface area contributed by atoms with E-state index < -0.39 is 0 Å². The summed E-state index contributed by atoms with van der Waals surface area (Å²) >= 11 is 0. The molecule has 2 aromatic carbocycles. The number of aromatic nitrogens is 1. The molecule has 1 fully saturated rings. The number of hydrogen-bond acceptors (Lipinski definition) is 2. The Morgan fingerprint density at radius 3 is 2.92 bits per heavy atom. The van der Waals surface area contributed by atoms with Gasteiger partial charge in [0.2, 0.25) is 0 Å². The molecular formula is C20H21N3O. The fraction of sp³-hybridized carbons (Fsp3) is 0.250. The molecule has 2 heterocycles. The lowest BCUT2D eigenvalue weighted by atomic mass is 10.1. The van der Waals surface area contributed by atoms with Crippen molar-refractivity contribution in [2.24, 2.45) is 0 Å². The van der Waals surface area contributed by atoms with Gasteiger partial charge in [-0.3, -0.25) is 4.79 Å². The first kappa shape index (κ1) is 14.8. The van der Waals surface area contributed by atoms with Crippen molar-refractivity contribution in [3.8, 4) is 0 Å². The first-order valence-electron chi connectivity index (χ1n) is 8.48. The van der Waals surface area contributed by atoms with Crippen LogP contribution in [0.15, 0.2) is 60.8 Å². The van der Waals surface area contributed by atoms with E-state index in [1.165, 1.54) is 12.1 Å². The minimum atomic E-state index is -0.00184. The highest BCUT2D eigenvalue weighted by atomic mass is 16.1. The first-order valence-corrected chi connectivity index (χ1v) is 8.48.